The molecule has 8 aliphatic rings. The van der Waals surface area contributed by atoms with Crippen molar-refractivity contribution in [2.45, 2.75) is 102 Å². The molecule has 1 N–H and O–H groups in total. The Kier molecular flexibility index (Phi) is 4.38. The van der Waals surface area contributed by atoms with Gasteiger partial charge in [0.25, 0.3) is 0 Å². The van der Waals surface area contributed by atoms with E-state index in [0.29, 0.717) is 6.42 Å². The van der Waals surface area contributed by atoms with Gasteiger partial charge in [0.2, 0.25) is 0 Å². The number of cyclic esters (lactones) is 2. The van der Waals surface area contributed by atoms with Gasteiger partial charge in [0.1, 0.15) is 24.4 Å². The number of hydrogen-bond donors (Lipinski definition) is 1. The van der Waals surface area contributed by atoms with E-state index in [0.717, 1.165) is 37.7 Å². The van der Waals surface area contributed by atoms with Crippen LogP contribution in [-0.2, 0) is 33.3 Å². The minimum Gasteiger partial charge on any atom is -0.472 e. The molecule has 4 aliphatic heterocycles. The molecular weight excluding hydrogens is 528 g/mol. The van der Waals surface area contributed by atoms with Crippen LogP contribution in [0.5, 0.6) is 0 Å². The molecule has 9 rings (SSSR count). The van der Waals surface area contributed by atoms with E-state index in [1.165, 1.54) is 0 Å². The summed E-state index contributed by atoms with van der Waals surface area (Å²) >= 11 is 0. The maximum atomic E-state index is 14.6. The molecule has 1 aromatic rings. The Morgan fingerprint density at radius 3 is 2.41 bits per heavy atom. The molecule has 0 unspecified atom stereocenters. The van der Waals surface area contributed by atoms with E-state index < -0.39 is 69.7 Å². The lowest BCUT2D eigenvalue weighted by Gasteiger charge is -2.68. The summed E-state index contributed by atoms with van der Waals surface area (Å²) < 4.78 is 31.2. The number of carbonyl (C=O) groups is 3. The lowest BCUT2D eigenvalue weighted by atomic mass is 9.34. The fourth-order valence-corrected chi connectivity index (χ4v) is 13.0. The summed E-state index contributed by atoms with van der Waals surface area (Å²) in [5, 5.41) is 12.3. The molecule has 1 aromatic heterocycles. The van der Waals surface area contributed by atoms with Crippen LogP contribution in [0.15, 0.2) is 23.0 Å². The first-order chi connectivity index (χ1) is 19.4. The summed E-state index contributed by atoms with van der Waals surface area (Å²) in [4.78, 5) is 42.0. The zero-order valence-electron chi connectivity index (χ0n) is 24.0. The Balaban J connectivity index is 1.34. The number of epoxide rings is 1. The molecule has 2 bridgehead atoms. The maximum absolute atomic E-state index is 14.6. The third-order valence-electron chi connectivity index (χ3n) is 13.8. The van der Waals surface area contributed by atoms with Gasteiger partial charge in [-0.05, 0) is 62.8 Å². The van der Waals surface area contributed by atoms with Crippen LogP contribution in [0.25, 0.3) is 0 Å². The summed E-state index contributed by atoms with van der Waals surface area (Å²) in [5.74, 6) is -2.32. The smallest absolute Gasteiger partial charge is 0.339 e. The molecule has 0 amide bonds. The lowest BCUT2D eigenvalue weighted by Crippen LogP contribution is -2.77. The molecule has 0 aromatic carbocycles. The Morgan fingerprint density at radius 2 is 1.71 bits per heavy atom. The van der Waals surface area contributed by atoms with E-state index in [-0.39, 0.29) is 35.6 Å². The number of Topliss-reactive ketones (excluding diaryl/α,β-unsaturated/α-hetero) is 1. The van der Waals surface area contributed by atoms with E-state index in [9.17, 15) is 19.5 Å². The van der Waals surface area contributed by atoms with Crippen molar-refractivity contribution in [2.75, 3.05) is 6.61 Å². The maximum Gasteiger partial charge on any atom is 0.339 e. The molecule has 220 valence electrons. The standard InChI is InChI=1S/C32H38O9/c1-27(2)20-18(33)21(34)29(4)19-16(11-28(3)22(15-7-10-37-13-15)39-26(36)24-32(28,29)41-24)12-30(8-5-6-9-30)17-23(40-27)31(19,20)14-38-25(17)35/h7,10,13,16-17,19-24,34H,5-6,8-9,11-12,14H2,1-4H3/t16-,17-,19-,20+,21+,22-,23-,24+,28-,29-,31+,32+/m0/s1. The van der Waals surface area contributed by atoms with Gasteiger partial charge in [-0.3, -0.25) is 9.59 Å². The molecule has 3 spiro atoms. The fourth-order valence-electron chi connectivity index (χ4n) is 13.0. The highest BCUT2D eigenvalue weighted by Crippen LogP contribution is 2.83. The normalized spacial score (nSPS) is 54.9. The number of furan rings is 1. The quantitative estimate of drug-likeness (QED) is 0.402. The Bertz CT molecular complexity index is 1390. The first kappa shape index (κ1) is 25.3. The van der Waals surface area contributed by atoms with Gasteiger partial charge in [-0.1, -0.05) is 26.7 Å². The third kappa shape index (κ3) is 2.40. The van der Waals surface area contributed by atoms with Crippen molar-refractivity contribution >= 4 is 17.7 Å². The second-order valence-electron chi connectivity index (χ2n) is 15.6. The number of ketones is 1. The topological polar surface area (TPSA) is 125 Å². The van der Waals surface area contributed by atoms with Crippen LogP contribution in [0.2, 0.25) is 0 Å². The number of carbonyl (C=O) groups excluding carboxylic acids is 3. The van der Waals surface area contributed by atoms with Gasteiger partial charge in [-0.15, -0.1) is 0 Å². The fraction of sp³-hybridized carbons (Fsp3) is 0.781. The van der Waals surface area contributed by atoms with Crippen molar-refractivity contribution in [3.05, 3.63) is 24.2 Å². The third-order valence-corrected chi connectivity index (χ3v) is 13.8. The van der Waals surface area contributed by atoms with E-state index in [4.69, 9.17) is 23.4 Å². The van der Waals surface area contributed by atoms with Crippen LogP contribution < -0.4 is 0 Å². The molecule has 9 nitrogen and oxygen atoms in total. The molecule has 41 heavy (non-hydrogen) atoms. The first-order valence-electron chi connectivity index (χ1n) is 15.4. The monoisotopic (exact) mass is 566 g/mol. The van der Waals surface area contributed by atoms with Gasteiger partial charge in [0.05, 0.1) is 36.1 Å². The second-order valence-corrected chi connectivity index (χ2v) is 15.6. The van der Waals surface area contributed by atoms with Gasteiger partial charge in [0, 0.05) is 21.8 Å². The highest BCUT2D eigenvalue weighted by Gasteiger charge is 2.93. The molecule has 0 radical (unpaired) electrons. The Morgan fingerprint density at radius 1 is 0.951 bits per heavy atom. The highest BCUT2D eigenvalue weighted by atomic mass is 16.7. The molecule has 9 heteroatoms. The number of aliphatic hydroxyl groups is 1. The van der Waals surface area contributed by atoms with Crippen molar-refractivity contribution in [1.29, 1.82) is 0 Å². The number of fused-ring (bicyclic) bond motifs is 1. The number of rotatable bonds is 1. The van der Waals surface area contributed by atoms with Crippen molar-refractivity contribution in [1.82, 2.24) is 0 Å². The predicted molar refractivity (Wildman–Crippen MR) is 139 cm³/mol. The summed E-state index contributed by atoms with van der Waals surface area (Å²) in [7, 11) is 0. The average Bonchev–Trinajstić information content (AvgIpc) is 3.18. The van der Waals surface area contributed by atoms with Crippen LogP contribution in [0, 0.1) is 45.3 Å². The Labute approximate surface area is 238 Å². The average molecular weight is 567 g/mol. The Hall–Kier alpha value is -2.23. The van der Waals surface area contributed by atoms with E-state index in [2.05, 4.69) is 6.92 Å². The largest absolute Gasteiger partial charge is 0.472 e. The number of esters is 2. The minimum atomic E-state index is -1.37. The molecular formula is C32H38O9. The van der Waals surface area contributed by atoms with Crippen LogP contribution in [0.4, 0.5) is 0 Å². The minimum absolute atomic E-state index is 0.0227. The first-order valence-corrected chi connectivity index (χ1v) is 15.4. The van der Waals surface area contributed by atoms with E-state index in [1.807, 2.05) is 26.8 Å². The van der Waals surface area contributed by atoms with Crippen LogP contribution >= 0.6 is 0 Å². The van der Waals surface area contributed by atoms with Crippen molar-refractivity contribution in [3.8, 4) is 0 Å². The predicted octanol–water partition coefficient (Wildman–Crippen LogP) is 3.52. The van der Waals surface area contributed by atoms with E-state index in [1.54, 1.807) is 12.5 Å². The molecule has 5 heterocycles. The van der Waals surface area contributed by atoms with Crippen molar-refractivity contribution < 1.29 is 42.9 Å². The zero-order chi connectivity index (χ0) is 28.5. The van der Waals surface area contributed by atoms with Gasteiger partial charge >= 0.3 is 11.9 Å². The molecule has 8 fully saturated rings. The van der Waals surface area contributed by atoms with Gasteiger partial charge in [0.15, 0.2) is 11.9 Å². The van der Waals surface area contributed by atoms with Gasteiger partial charge in [-0.2, -0.15) is 0 Å². The number of hydrogen-bond acceptors (Lipinski definition) is 9. The highest BCUT2D eigenvalue weighted by molar-refractivity contribution is 5.92. The summed E-state index contributed by atoms with van der Waals surface area (Å²) in [6.45, 7) is 8.02. The lowest BCUT2D eigenvalue weighted by molar-refractivity contribution is -0.266. The van der Waals surface area contributed by atoms with Crippen LogP contribution in [0.1, 0.15) is 77.9 Å². The molecule has 12 atom stereocenters. The van der Waals surface area contributed by atoms with Crippen LogP contribution in [0.3, 0.4) is 0 Å². The summed E-state index contributed by atoms with van der Waals surface area (Å²) in [6, 6.07) is 1.82. The molecule has 4 saturated carbocycles. The summed E-state index contributed by atoms with van der Waals surface area (Å²) in [5.41, 5.74) is -4.27. The SMILES string of the molecule is CC1(C)O[C@H]2[C@H]3C(=O)OC[C@@]24[C@@H]1C(=O)[C@@H](O)[C@]1(C)[C@@H]4[C@H](CC32CCCC2)C[C@@]2(C)[C@H](c3ccoc3)OC(=O)[C@H]3O[C@@]312. The summed E-state index contributed by atoms with van der Waals surface area (Å²) in [6.07, 6.45) is 5.11. The molecule has 4 saturated heterocycles. The van der Waals surface area contributed by atoms with Gasteiger partial charge in [-0.25, -0.2) is 4.79 Å². The number of aliphatic hydroxyl groups excluding tert-OH is 1. The van der Waals surface area contributed by atoms with Crippen molar-refractivity contribution in [3.63, 3.8) is 0 Å². The zero-order valence-corrected chi connectivity index (χ0v) is 24.0. The van der Waals surface area contributed by atoms with Crippen molar-refractivity contribution in [2.24, 2.45) is 45.3 Å². The van der Waals surface area contributed by atoms with Crippen LogP contribution in [-0.4, -0.2) is 58.9 Å². The second kappa shape index (κ2) is 7.11. The van der Waals surface area contributed by atoms with E-state index >= 15 is 0 Å². The van der Waals surface area contributed by atoms with Gasteiger partial charge < -0.3 is 28.5 Å². The molecule has 4 aliphatic carbocycles. The number of ether oxygens (including phenoxy) is 4.